The number of benzene rings is 2. The molecule has 0 radical (unpaired) electrons. The van der Waals surface area contributed by atoms with E-state index in [0.717, 1.165) is 6.07 Å². The summed E-state index contributed by atoms with van der Waals surface area (Å²) >= 11 is 0. The van der Waals surface area contributed by atoms with E-state index in [1.807, 2.05) is 0 Å². The van der Waals surface area contributed by atoms with Crippen LogP contribution >= 0.6 is 0 Å². The minimum atomic E-state index is -0.987. The van der Waals surface area contributed by atoms with Crippen molar-refractivity contribution in [2.75, 3.05) is 7.11 Å². The van der Waals surface area contributed by atoms with E-state index < -0.39 is 11.6 Å². The summed E-state index contributed by atoms with van der Waals surface area (Å²) in [6, 6.07) is 8.98. The number of aldehydes is 1. The molecule has 0 atom stereocenters. The molecular weight excluding hydrogens is 276 g/mol. The molecule has 3 rings (SSSR count). The quantitative estimate of drug-likeness (QED) is 0.741. The molecule has 0 amide bonds. The minimum absolute atomic E-state index is 0.0206. The lowest BCUT2D eigenvalue weighted by molar-refractivity contribution is 0.112. The van der Waals surface area contributed by atoms with E-state index in [9.17, 15) is 13.6 Å². The Morgan fingerprint density at radius 1 is 1.19 bits per heavy atom. The predicted molar refractivity (Wildman–Crippen MR) is 75.6 cm³/mol. The Bertz CT molecular complexity index is 840. The van der Waals surface area contributed by atoms with Crippen LogP contribution in [-0.4, -0.2) is 18.4 Å². The van der Waals surface area contributed by atoms with Gasteiger partial charge >= 0.3 is 0 Å². The fourth-order valence-electron chi connectivity index (χ4n) is 2.35. The number of rotatable bonds is 3. The van der Waals surface area contributed by atoms with E-state index in [4.69, 9.17) is 4.74 Å². The number of hydrogen-bond acceptors (Lipinski definition) is 2. The lowest BCUT2D eigenvalue weighted by Crippen LogP contribution is -1.92. The molecule has 0 aliphatic rings. The van der Waals surface area contributed by atoms with Gasteiger partial charge in [0.1, 0.15) is 5.75 Å². The third-order valence-corrected chi connectivity index (χ3v) is 3.38. The van der Waals surface area contributed by atoms with E-state index in [2.05, 4.69) is 4.98 Å². The number of H-pyrrole nitrogens is 1. The van der Waals surface area contributed by atoms with E-state index in [1.165, 1.54) is 19.2 Å². The van der Waals surface area contributed by atoms with Gasteiger partial charge in [0.05, 0.1) is 12.8 Å². The summed E-state index contributed by atoms with van der Waals surface area (Å²) in [5.41, 5.74) is 1.20. The molecule has 0 fully saturated rings. The zero-order chi connectivity index (χ0) is 15.0. The molecule has 1 aromatic heterocycles. The summed E-state index contributed by atoms with van der Waals surface area (Å²) in [6.07, 6.45) is 0.623. The predicted octanol–water partition coefficient (Wildman–Crippen LogP) is 3.93. The van der Waals surface area contributed by atoms with Gasteiger partial charge in [0, 0.05) is 22.0 Å². The van der Waals surface area contributed by atoms with Gasteiger partial charge in [-0.1, -0.05) is 6.07 Å². The van der Waals surface area contributed by atoms with Crippen molar-refractivity contribution >= 4 is 17.2 Å². The van der Waals surface area contributed by atoms with Crippen LogP contribution in [-0.2, 0) is 0 Å². The Morgan fingerprint density at radius 2 is 2.00 bits per heavy atom. The van der Waals surface area contributed by atoms with Crippen LogP contribution in [0, 0.1) is 11.6 Å². The summed E-state index contributed by atoms with van der Waals surface area (Å²) in [4.78, 5) is 14.4. The van der Waals surface area contributed by atoms with E-state index in [-0.39, 0.29) is 16.8 Å². The van der Waals surface area contributed by atoms with Gasteiger partial charge in [0.2, 0.25) is 0 Å². The van der Waals surface area contributed by atoms with Crippen LogP contribution < -0.4 is 4.74 Å². The molecule has 0 bridgehead atoms. The molecule has 0 saturated heterocycles. The van der Waals surface area contributed by atoms with Crippen LogP contribution in [0.4, 0.5) is 8.78 Å². The second-order valence-corrected chi connectivity index (χ2v) is 4.54. The third kappa shape index (κ3) is 2.07. The fraction of sp³-hybridized carbons (Fsp3) is 0.0625. The molecule has 0 saturated carbocycles. The molecule has 2 aromatic carbocycles. The third-order valence-electron chi connectivity index (χ3n) is 3.38. The van der Waals surface area contributed by atoms with Gasteiger partial charge in [-0.3, -0.25) is 4.79 Å². The molecule has 0 unspecified atom stereocenters. The molecule has 21 heavy (non-hydrogen) atoms. The summed E-state index contributed by atoms with van der Waals surface area (Å²) < 4.78 is 32.4. The number of hydrogen-bond donors (Lipinski definition) is 1. The Hall–Kier alpha value is -2.69. The highest BCUT2D eigenvalue weighted by atomic mass is 19.2. The smallest absolute Gasteiger partial charge is 0.168 e. The van der Waals surface area contributed by atoms with Gasteiger partial charge in [-0.2, -0.15) is 0 Å². The van der Waals surface area contributed by atoms with Gasteiger partial charge in [-0.05, 0) is 30.3 Å². The first-order valence-electron chi connectivity index (χ1n) is 6.25. The maximum Gasteiger partial charge on any atom is 0.168 e. The highest BCUT2D eigenvalue weighted by Gasteiger charge is 2.18. The highest BCUT2D eigenvalue weighted by molar-refractivity contribution is 6.04. The number of ether oxygens (including phenoxy) is 1. The van der Waals surface area contributed by atoms with Crippen LogP contribution in [0.2, 0.25) is 0 Å². The van der Waals surface area contributed by atoms with E-state index in [1.54, 1.807) is 18.2 Å². The molecule has 3 nitrogen and oxygen atoms in total. The van der Waals surface area contributed by atoms with Crippen molar-refractivity contribution in [2.45, 2.75) is 0 Å². The average Bonchev–Trinajstić information content (AvgIpc) is 2.87. The molecule has 0 spiro atoms. The molecule has 0 aliphatic heterocycles. The summed E-state index contributed by atoms with van der Waals surface area (Å²) in [5.74, 6) is -1.37. The van der Waals surface area contributed by atoms with Crippen molar-refractivity contribution < 1.29 is 18.3 Å². The molecule has 1 heterocycles. The lowest BCUT2D eigenvalue weighted by atomic mass is 10.1. The van der Waals surface area contributed by atoms with Crippen LogP contribution in [0.5, 0.6) is 5.75 Å². The van der Waals surface area contributed by atoms with Crippen molar-refractivity contribution in [3.63, 3.8) is 0 Å². The van der Waals surface area contributed by atoms with Gasteiger partial charge in [-0.25, -0.2) is 8.78 Å². The van der Waals surface area contributed by atoms with Crippen molar-refractivity contribution in [2.24, 2.45) is 0 Å². The zero-order valence-electron chi connectivity index (χ0n) is 11.1. The topological polar surface area (TPSA) is 42.1 Å². The molecule has 5 heteroatoms. The molecule has 1 N–H and O–H groups in total. The summed E-state index contributed by atoms with van der Waals surface area (Å²) in [6.45, 7) is 0. The molecule has 0 aliphatic carbocycles. The number of carbonyl (C=O) groups excluding carboxylic acids is 1. The first-order valence-corrected chi connectivity index (χ1v) is 6.25. The number of methoxy groups -OCH3 is 1. The maximum atomic E-state index is 13.9. The first-order chi connectivity index (χ1) is 10.2. The van der Waals surface area contributed by atoms with Crippen LogP contribution in [0.3, 0.4) is 0 Å². The standard InChI is InChI=1S/C16H11F2NO2/c1-21-9-5-6-14-11(7-9)12(8-20)16(19-14)10-3-2-4-13(17)15(10)18/h2-8,19H,1H3. The second kappa shape index (κ2) is 5.01. The van der Waals surface area contributed by atoms with Gasteiger partial charge in [-0.15, -0.1) is 0 Å². The first kappa shape index (κ1) is 13.3. The molecule has 106 valence electrons. The summed E-state index contributed by atoms with van der Waals surface area (Å²) in [7, 11) is 1.52. The number of aromatic nitrogens is 1. The monoisotopic (exact) mass is 287 g/mol. The lowest BCUT2D eigenvalue weighted by Gasteiger charge is -2.02. The van der Waals surface area contributed by atoms with Gasteiger partial charge in [0.25, 0.3) is 0 Å². The fourth-order valence-corrected chi connectivity index (χ4v) is 2.35. The average molecular weight is 287 g/mol. The Labute approximate surface area is 119 Å². The van der Waals surface area contributed by atoms with E-state index in [0.29, 0.717) is 22.9 Å². The maximum absolute atomic E-state index is 13.9. The molecular formula is C16H11F2NO2. The SMILES string of the molecule is COc1ccc2[nH]c(-c3cccc(F)c3F)c(C=O)c2c1. The number of aromatic amines is 1. The van der Waals surface area contributed by atoms with Crippen LogP contribution in [0.1, 0.15) is 10.4 Å². The van der Waals surface area contributed by atoms with Crippen molar-refractivity contribution in [3.8, 4) is 17.0 Å². The Kier molecular flexibility index (Phi) is 3.17. The number of halogens is 2. The van der Waals surface area contributed by atoms with Crippen molar-refractivity contribution in [1.29, 1.82) is 0 Å². The normalized spacial score (nSPS) is 10.8. The second-order valence-electron chi connectivity index (χ2n) is 4.54. The van der Waals surface area contributed by atoms with Crippen LogP contribution in [0.15, 0.2) is 36.4 Å². The van der Waals surface area contributed by atoms with Gasteiger partial charge < -0.3 is 9.72 Å². The van der Waals surface area contributed by atoms with Crippen LogP contribution in [0.25, 0.3) is 22.2 Å². The molecule has 3 aromatic rings. The minimum Gasteiger partial charge on any atom is -0.497 e. The van der Waals surface area contributed by atoms with Crippen molar-refractivity contribution in [3.05, 3.63) is 53.6 Å². The Morgan fingerprint density at radius 3 is 2.71 bits per heavy atom. The summed E-state index contributed by atoms with van der Waals surface area (Å²) in [5, 5.41) is 0.600. The number of fused-ring (bicyclic) bond motifs is 1. The Balaban J connectivity index is 2.32. The van der Waals surface area contributed by atoms with E-state index >= 15 is 0 Å². The highest BCUT2D eigenvalue weighted by Crippen LogP contribution is 2.33. The largest absolute Gasteiger partial charge is 0.497 e. The zero-order valence-corrected chi connectivity index (χ0v) is 11.1. The number of carbonyl (C=O) groups is 1. The van der Waals surface area contributed by atoms with Crippen molar-refractivity contribution in [1.82, 2.24) is 4.98 Å². The van der Waals surface area contributed by atoms with Gasteiger partial charge in [0.15, 0.2) is 17.9 Å². The number of nitrogens with one attached hydrogen (secondary N) is 1.